The number of rotatable bonds is 5. The second-order valence-corrected chi connectivity index (χ2v) is 11.2. The standard InChI is InChI=1S/C28H30N6O5/c1-27(2)15-33(12-17-3-5-19(29-11-17)21-14-39-16-30-21)10-9-28(27,38)23-7-4-18-20(31-23)13-34(26(18)37)22-6-8-24(35)32-25(22)36/h3-5,7,11,14,16,22,38H,6,8-10,12-13,15H2,1-2H3,(H,32,35,36)/t22-,28-/m0/s1. The van der Waals surface area contributed by atoms with Crippen molar-refractivity contribution < 1.29 is 23.9 Å². The summed E-state index contributed by atoms with van der Waals surface area (Å²) < 4.78 is 5.04. The van der Waals surface area contributed by atoms with Crippen molar-refractivity contribution >= 4 is 17.7 Å². The summed E-state index contributed by atoms with van der Waals surface area (Å²) in [5.41, 5.74) is 2.28. The number of nitrogens with zero attached hydrogens (tertiary/aromatic N) is 5. The summed E-state index contributed by atoms with van der Waals surface area (Å²) in [5, 5.41) is 14.3. The fourth-order valence-corrected chi connectivity index (χ4v) is 5.97. The van der Waals surface area contributed by atoms with Crippen molar-refractivity contribution in [1.82, 2.24) is 30.1 Å². The van der Waals surface area contributed by atoms with Crippen LogP contribution in [0.3, 0.4) is 0 Å². The Kier molecular flexibility index (Phi) is 6.07. The highest BCUT2D eigenvalue weighted by atomic mass is 16.3. The number of nitrogens with one attached hydrogen (secondary N) is 1. The first-order chi connectivity index (χ1) is 18.6. The van der Waals surface area contributed by atoms with Crippen LogP contribution in [0, 0.1) is 5.41 Å². The lowest BCUT2D eigenvalue weighted by atomic mass is 9.68. The lowest BCUT2D eigenvalue weighted by Crippen LogP contribution is -2.55. The van der Waals surface area contributed by atoms with Gasteiger partial charge < -0.3 is 14.4 Å². The Morgan fingerprint density at radius 2 is 1.97 bits per heavy atom. The van der Waals surface area contributed by atoms with Crippen LogP contribution >= 0.6 is 0 Å². The van der Waals surface area contributed by atoms with Gasteiger partial charge in [0.05, 0.1) is 29.2 Å². The number of likely N-dealkylation sites (tertiary alicyclic amines) is 1. The highest BCUT2D eigenvalue weighted by Gasteiger charge is 2.50. The molecule has 6 heterocycles. The van der Waals surface area contributed by atoms with Crippen molar-refractivity contribution in [2.45, 2.75) is 57.8 Å². The topological polar surface area (TPSA) is 142 Å². The summed E-state index contributed by atoms with van der Waals surface area (Å²) in [4.78, 5) is 54.2. The van der Waals surface area contributed by atoms with Crippen LogP contribution in [0.25, 0.3) is 11.4 Å². The fourth-order valence-electron chi connectivity index (χ4n) is 5.97. The Labute approximate surface area is 225 Å². The lowest BCUT2D eigenvalue weighted by molar-refractivity contribution is -0.137. The molecule has 11 nitrogen and oxygen atoms in total. The van der Waals surface area contributed by atoms with E-state index in [0.29, 0.717) is 55.1 Å². The minimum atomic E-state index is -1.20. The highest BCUT2D eigenvalue weighted by molar-refractivity contribution is 6.05. The van der Waals surface area contributed by atoms with Gasteiger partial charge in [-0.05, 0) is 36.6 Å². The van der Waals surface area contributed by atoms with Gasteiger partial charge >= 0.3 is 0 Å². The summed E-state index contributed by atoms with van der Waals surface area (Å²) in [6, 6.07) is 6.68. The molecule has 0 unspecified atom stereocenters. The van der Waals surface area contributed by atoms with Gasteiger partial charge in [-0.25, -0.2) is 4.98 Å². The van der Waals surface area contributed by atoms with Gasteiger partial charge in [-0.3, -0.25) is 34.6 Å². The van der Waals surface area contributed by atoms with E-state index in [4.69, 9.17) is 9.40 Å². The van der Waals surface area contributed by atoms with Gasteiger partial charge in [0.2, 0.25) is 11.8 Å². The van der Waals surface area contributed by atoms with E-state index in [0.717, 1.165) is 11.3 Å². The average Bonchev–Trinajstić information content (AvgIpc) is 3.55. The van der Waals surface area contributed by atoms with Gasteiger partial charge in [-0.1, -0.05) is 19.9 Å². The van der Waals surface area contributed by atoms with Crippen LogP contribution in [0.2, 0.25) is 0 Å². The van der Waals surface area contributed by atoms with Crippen LogP contribution in [0.4, 0.5) is 0 Å². The smallest absolute Gasteiger partial charge is 0.256 e. The summed E-state index contributed by atoms with van der Waals surface area (Å²) in [6.07, 6.45) is 5.74. The number of aliphatic hydroxyl groups is 1. The number of hydrogen-bond donors (Lipinski definition) is 2. The average molecular weight is 531 g/mol. The molecule has 0 aromatic carbocycles. The molecule has 2 N–H and O–H groups in total. The zero-order chi connectivity index (χ0) is 27.4. The molecule has 3 aliphatic heterocycles. The van der Waals surface area contributed by atoms with E-state index in [1.807, 2.05) is 32.2 Å². The molecule has 3 aromatic rings. The SMILES string of the molecule is CC1(C)CN(Cc2ccc(-c3cocn3)nc2)CC[C@]1(O)c1ccc2c(n1)CN([C@H]1CCC(=O)NC1=O)C2=O. The van der Waals surface area contributed by atoms with Crippen molar-refractivity contribution in [2.75, 3.05) is 13.1 Å². The zero-order valence-corrected chi connectivity index (χ0v) is 21.9. The molecular weight excluding hydrogens is 500 g/mol. The Morgan fingerprint density at radius 1 is 1.13 bits per heavy atom. The highest BCUT2D eigenvalue weighted by Crippen LogP contribution is 2.46. The van der Waals surface area contributed by atoms with Crippen LogP contribution in [0.1, 0.15) is 60.4 Å². The summed E-state index contributed by atoms with van der Waals surface area (Å²) >= 11 is 0. The third kappa shape index (κ3) is 4.41. The predicted octanol–water partition coefficient (Wildman–Crippen LogP) is 2.01. The first kappa shape index (κ1) is 25.3. The summed E-state index contributed by atoms with van der Waals surface area (Å²) in [6.45, 7) is 6.22. The zero-order valence-electron chi connectivity index (χ0n) is 21.9. The Hall–Kier alpha value is -3.96. The molecule has 2 atom stereocenters. The lowest BCUT2D eigenvalue weighted by Gasteiger charge is -2.50. The number of hydrogen-bond acceptors (Lipinski definition) is 9. The molecule has 0 aliphatic carbocycles. The minimum absolute atomic E-state index is 0.175. The minimum Gasteiger partial charge on any atom is -0.451 e. The van der Waals surface area contributed by atoms with Gasteiger partial charge in [-0.15, -0.1) is 0 Å². The number of carbonyl (C=O) groups is 3. The van der Waals surface area contributed by atoms with E-state index in [-0.39, 0.29) is 24.8 Å². The van der Waals surface area contributed by atoms with Crippen LogP contribution in [0.5, 0.6) is 0 Å². The van der Waals surface area contributed by atoms with E-state index in [1.54, 1.807) is 18.4 Å². The molecule has 3 aliphatic rings. The van der Waals surface area contributed by atoms with Crippen molar-refractivity contribution in [2.24, 2.45) is 5.41 Å². The number of imide groups is 1. The number of fused-ring (bicyclic) bond motifs is 1. The largest absolute Gasteiger partial charge is 0.451 e. The maximum atomic E-state index is 13.1. The van der Waals surface area contributed by atoms with Crippen LogP contribution in [-0.4, -0.2) is 66.7 Å². The Bertz CT molecular complexity index is 1440. The molecule has 202 valence electrons. The fraction of sp³-hybridized carbons (Fsp3) is 0.429. The number of pyridine rings is 2. The van der Waals surface area contributed by atoms with E-state index < -0.39 is 23.0 Å². The maximum absolute atomic E-state index is 13.1. The molecule has 2 saturated heterocycles. The third-order valence-corrected chi connectivity index (χ3v) is 8.25. The Balaban J connectivity index is 1.16. The molecule has 0 spiro atoms. The number of amides is 3. The quantitative estimate of drug-likeness (QED) is 0.474. The van der Waals surface area contributed by atoms with Crippen LogP contribution < -0.4 is 5.32 Å². The summed E-state index contributed by atoms with van der Waals surface area (Å²) in [5.74, 6) is -1.05. The van der Waals surface area contributed by atoms with E-state index >= 15 is 0 Å². The molecular formula is C28H30N6O5. The van der Waals surface area contributed by atoms with Crippen molar-refractivity contribution in [3.8, 4) is 11.4 Å². The van der Waals surface area contributed by atoms with Gasteiger partial charge in [0, 0.05) is 37.7 Å². The van der Waals surface area contributed by atoms with Crippen molar-refractivity contribution in [3.63, 3.8) is 0 Å². The van der Waals surface area contributed by atoms with Crippen molar-refractivity contribution in [1.29, 1.82) is 0 Å². The normalized spacial score (nSPS) is 25.1. The molecule has 0 bridgehead atoms. The number of piperidine rings is 2. The number of oxazole rings is 1. The first-order valence-corrected chi connectivity index (χ1v) is 13.1. The van der Waals surface area contributed by atoms with E-state index in [9.17, 15) is 19.5 Å². The van der Waals surface area contributed by atoms with Gasteiger partial charge in [0.25, 0.3) is 5.91 Å². The summed E-state index contributed by atoms with van der Waals surface area (Å²) in [7, 11) is 0. The molecule has 6 rings (SSSR count). The van der Waals surface area contributed by atoms with Gasteiger partial charge in [0.1, 0.15) is 23.6 Å². The second-order valence-electron chi connectivity index (χ2n) is 11.2. The first-order valence-electron chi connectivity index (χ1n) is 13.1. The van der Waals surface area contributed by atoms with Crippen LogP contribution in [-0.2, 0) is 28.3 Å². The monoisotopic (exact) mass is 530 g/mol. The molecule has 0 radical (unpaired) electrons. The van der Waals surface area contributed by atoms with Gasteiger partial charge in [-0.2, -0.15) is 0 Å². The second kappa shape index (κ2) is 9.35. The number of carbonyl (C=O) groups excluding carboxylic acids is 3. The van der Waals surface area contributed by atoms with E-state index in [1.165, 1.54) is 11.3 Å². The van der Waals surface area contributed by atoms with Crippen LogP contribution in [0.15, 0.2) is 47.5 Å². The van der Waals surface area contributed by atoms with E-state index in [2.05, 4.69) is 20.2 Å². The Morgan fingerprint density at radius 3 is 2.67 bits per heavy atom. The maximum Gasteiger partial charge on any atom is 0.256 e. The molecule has 3 amide bonds. The number of aromatic nitrogens is 3. The molecule has 3 aromatic heterocycles. The predicted molar refractivity (Wildman–Crippen MR) is 138 cm³/mol. The van der Waals surface area contributed by atoms with Gasteiger partial charge in [0.15, 0.2) is 6.39 Å². The van der Waals surface area contributed by atoms with Crippen molar-refractivity contribution in [3.05, 3.63) is 65.6 Å². The third-order valence-electron chi connectivity index (χ3n) is 8.25. The molecule has 11 heteroatoms. The molecule has 2 fully saturated rings. The molecule has 0 saturated carbocycles. The molecule has 39 heavy (non-hydrogen) atoms.